The third kappa shape index (κ3) is 4.08. The van der Waals surface area contributed by atoms with Gasteiger partial charge in [-0.05, 0) is 30.5 Å². The Morgan fingerprint density at radius 1 is 1.32 bits per heavy atom. The van der Waals surface area contributed by atoms with Crippen LogP contribution in [0.4, 0.5) is 0 Å². The molecule has 1 unspecified atom stereocenters. The molecular weight excluding hydrogens is 278 g/mol. The van der Waals surface area contributed by atoms with Gasteiger partial charge in [-0.3, -0.25) is 4.90 Å². The molecule has 1 aromatic heterocycles. The molecule has 2 aromatic rings. The van der Waals surface area contributed by atoms with E-state index in [1.165, 1.54) is 12.0 Å². The molecule has 2 heterocycles. The number of benzene rings is 1. The van der Waals surface area contributed by atoms with E-state index in [0.717, 1.165) is 44.2 Å². The first-order chi connectivity index (χ1) is 10.8. The number of nitrogens with zero attached hydrogens (tertiary/aromatic N) is 2. The average Bonchev–Trinajstić information content (AvgIpc) is 3.22. The molecule has 0 amide bonds. The number of H-pyrrole nitrogens is 1. The van der Waals surface area contributed by atoms with Crippen molar-refractivity contribution >= 4 is 0 Å². The molecule has 1 atom stereocenters. The number of aromatic nitrogens is 2. The summed E-state index contributed by atoms with van der Waals surface area (Å²) < 4.78 is 11.0. The minimum Gasteiger partial charge on any atom is -0.497 e. The minimum absolute atomic E-state index is 0.341. The number of rotatable bonds is 7. The first-order valence-corrected chi connectivity index (χ1v) is 7.78. The highest BCUT2D eigenvalue weighted by atomic mass is 16.5. The number of aromatic amines is 1. The van der Waals surface area contributed by atoms with Gasteiger partial charge in [0.25, 0.3) is 0 Å². The number of imidazole rings is 1. The van der Waals surface area contributed by atoms with E-state index in [0.29, 0.717) is 6.10 Å². The molecule has 0 spiro atoms. The minimum atomic E-state index is 0.341. The molecule has 0 radical (unpaired) electrons. The summed E-state index contributed by atoms with van der Waals surface area (Å²) in [5.74, 6) is 1.88. The van der Waals surface area contributed by atoms with Crippen LogP contribution >= 0.6 is 0 Å². The normalized spacial score (nSPS) is 18.0. The van der Waals surface area contributed by atoms with Gasteiger partial charge in [-0.25, -0.2) is 4.98 Å². The smallest absolute Gasteiger partial charge is 0.120 e. The van der Waals surface area contributed by atoms with Gasteiger partial charge >= 0.3 is 0 Å². The molecule has 5 heteroatoms. The van der Waals surface area contributed by atoms with Gasteiger partial charge in [0.2, 0.25) is 0 Å². The summed E-state index contributed by atoms with van der Waals surface area (Å²) in [5, 5.41) is 0. The van der Waals surface area contributed by atoms with Crippen molar-refractivity contribution in [3.8, 4) is 5.75 Å². The molecule has 0 saturated carbocycles. The molecule has 1 saturated heterocycles. The number of hydrogen-bond acceptors (Lipinski definition) is 4. The highest BCUT2D eigenvalue weighted by Gasteiger charge is 2.20. The Morgan fingerprint density at radius 3 is 2.82 bits per heavy atom. The largest absolute Gasteiger partial charge is 0.497 e. The lowest BCUT2D eigenvalue weighted by atomic mass is 10.1. The quantitative estimate of drug-likeness (QED) is 0.854. The molecule has 1 aliphatic heterocycles. The summed E-state index contributed by atoms with van der Waals surface area (Å²) in [6.07, 6.45) is 6.33. The number of nitrogens with one attached hydrogen (secondary N) is 1. The highest BCUT2D eigenvalue weighted by molar-refractivity contribution is 5.27. The first-order valence-electron chi connectivity index (χ1n) is 7.78. The van der Waals surface area contributed by atoms with Gasteiger partial charge in [0.15, 0.2) is 0 Å². The Balaban J connectivity index is 1.65. The van der Waals surface area contributed by atoms with Gasteiger partial charge in [0.1, 0.15) is 11.6 Å². The number of methoxy groups -OCH3 is 1. The summed E-state index contributed by atoms with van der Waals surface area (Å²) in [4.78, 5) is 9.91. The van der Waals surface area contributed by atoms with Gasteiger partial charge in [0, 0.05) is 32.1 Å². The van der Waals surface area contributed by atoms with Crippen LogP contribution in [-0.4, -0.2) is 41.2 Å². The van der Waals surface area contributed by atoms with Gasteiger partial charge in [-0.1, -0.05) is 12.1 Å². The Bertz CT molecular complexity index is 548. The maximum absolute atomic E-state index is 5.78. The van der Waals surface area contributed by atoms with E-state index >= 15 is 0 Å². The van der Waals surface area contributed by atoms with Crippen LogP contribution in [-0.2, 0) is 17.8 Å². The predicted molar refractivity (Wildman–Crippen MR) is 84.7 cm³/mol. The van der Waals surface area contributed by atoms with Gasteiger partial charge < -0.3 is 14.5 Å². The fourth-order valence-corrected chi connectivity index (χ4v) is 2.85. The van der Waals surface area contributed by atoms with E-state index in [1.54, 1.807) is 13.3 Å². The predicted octanol–water partition coefficient (Wildman–Crippen LogP) is 2.60. The third-order valence-corrected chi connectivity index (χ3v) is 3.98. The fourth-order valence-electron chi connectivity index (χ4n) is 2.85. The molecule has 1 fully saturated rings. The second-order valence-electron chi connectivity index (χ2n) is 5.69. The molecule has 22 heavy (non-hydrogen) atoms. The van der Waals surface area contributed by atoms with Crippen LogP contribution in [0, 0.1) is 0 Å². The first kappa shape index (κ1) is 15.1. The molecule has 1 aromatic carbocycles. The molecule has 5 nitrogen and oxygen atoms in total. The van der Waals surface area contributed by atoms with Crippen molar-refractivity contribution in [2.75, 3.05) is 20.3 Å². The molecule has 1 N–H and O–H groups in total. The fraction of sp³-hybridized carbons (Fsp3) is 0.471. The van der Waals surface area contributed by atoms with Gasteiger partial charge in [0.05, 0.1) is 19.8 Å². The Morgan fingerprint density at radius 2 is 2.18 bits per heavy atom. The van der Waals surface area contributed by atoms with Crippen LogP contribution in [0.2, 0.25) is 0 Å². The molecule has 118 valence electrons. The highest BCUT2D eigenvalue weighted by Crippen LogP contribution is 2.18. The lowest BCUT2D eigenvalue weighted by Gasteiger charge is -2.24. The molecule has 1 aliphatic rings. The van der Waals surface area contributed by atoms with Crippen molar-refractivity contribution in [2.45, 2.75) is 32.0 Å². The van der Waals surface area contributed by atoms with Crippen LogP contribution < -0.4 is 4.74 Å². The lowest BCUT2D eigenvalue weighted by Crippen LogP contribution is -2.31. The maximum Gasteiger partial charge on any atom is 0.120 e. The summed E-state index contributed by atoms with van der Waals surface area (Å²) in [6.45, 7) is 3.51. The van der Waals surface area contributed by atoms with Crippen molar-refractivity contribution in [2.24, 2.45) is 0 Å². The lowest BCUT2D eigenvalue weighted by molar-refractivity contribution is 0.0671. The van der Waals surface area contributed by atoms with E-state index < -0.39 is 0 Å². The monoisotopic (exact) mass is 301 g/mol. The van der Waals surface area contributed by atoms with Crippen molar-refractivity contribution in [1.82, 2.24) is 14.9 Å². The average molecular weight is 301 g/mol. The summed E-state index contributed by atoms with van der Waals surface area (Å²) in [6, 6.07) is 8.24. The standard InChI is InChI=1S/C17H23N3O2/c1-21-15-6-4-14(5-7-15)11-20(12-16-3-2-10-22-16)13-17-18-8-9-19-17/h4-9,16H,2-3,10-13H2,1H3,(H,18,19). The Hall–Kier alpha value is -1.85. The SMILES string of the molecule is COc1ccc(CN(Cc2ncc[nH]2)CC2CCCO2)cc1. The molecular formula is C17H23N3O2. The molecule has 3 rings (SSSR count). The third-order valence-electron chi connectivity index (χ3n) is 3.98. The van der Waals surface area contributed by atoms with Gasteiger partial charge in [-0.15, -0.1) is 0 Å². The van der Waals surface area contributed by atoms with Crippen LogP contribution in [0.15, 0.2) is 36.7 Å². The van der Waals surface area contributed by atoms with E-state index in [9.17, 15) is 0 Å². The van der Waals surface area contributed by atoms with Crippen LogP contribution in [0.5, 0.6) is 5.75 Å². The van der Waals surface area contributed by atoms with E-state index in [1.807, 2.05) is 18.3 Å². The molecule has 0 aliphatic carbocycles. The van der Waals surface area contributed by atoms with E-state index in [-0.39, 0.29) is 0 Å². The summed E-state index contributed by atoms with van der Waals surface area (Å²) in [5.41, 5.74) is 1.27. The van der Waals surface area contributed by atoms with Crippen LogP contribution in [0.3, 0.4) is 0 Å². The molecule has 0 bridgehead atoms. The van der Waals surface area contributed by atoms with Gasteiger partial charge in [-0.2, -0.15) is 0 Å². The van der Waals surface area contributed by atoms with Crippen LogP contribution in [0.1, 0.15) is 24.2 Å². The second kappa shape index (κ2) is 7.42. The van der Waals surface area contributed by atoms with E-state index in [2.05, 4.69) is 27.0 Å². The summed E-state index contributed by atoms with van der Waals surface area (Å²) in [7, 11) is 1.69. The van der Waals surface area contributed by atoms with Crippen LogP contribution in [0.25, 0.3) is 0 Å². The van der Waals surface area contributed by atoms with Crippen molar-refractivity contribution in [3.63, 3.8) is 0 Å². The van der Waals surface area contributed by atoms with Crippen molar-refractivity contribution < 1.29 is 9.47 Å². The zero-order chi connectivity index (χ0) is 15.2. The maximum atomic E-state index is 5.78. The van der Waals surface area contributed by atoms with Crippen molar-refractivity contribution in [3.05, 3.63) is 48.0 Å². The number of hydrogen-bond donors (Lipinski definition) is 1. The summed E-state index contributed by atoms with van der Waals surface area (Å²) >= 11 is 0. The van der Waals surface area contributed by atoms with E-state index in [4.69, 9.17) is 9.47 Å². The zero-order valence-electron chi connectivity index (χ0n) is 13.0. The second-order valence-corrected chi connectivity index (χ2v) is 5.69. The van der Waals surface area contributed by atoms with Crippen molar-refractivity contribution in [1.29, 1.82) is 0 Å². The topological polar surface area (TPSA) is 50.4 Å². The zero-order valence-corrected chi connectivity index (χ0v) is 13.0. The Kier molecular flexibility index (Phi) is 5.08. The number of ether oxygens (including phenoxy) is 2. The Labute approximate surface area is 131 Å².